The lowest BCUT2D eigenvalue weighted by molar-refractivity contribution is -0.124. The molecule has 1 aromatic heterocycles. The van der Waals surface area contributed by atoms with Gasteiger partial charge in [0.2, 0.25) is 11.8 Å². The number of hydrogen-bond donors (Lipinski definition) is 3. The minimum atomic E-state index is -0.640. The number of ether oxygens (including phenoxy) is 1. The second-order valence-corrected chi connectivity index (χ2v) is 9.18. The van der Waals surface area contributed by atoms with Gasteiger partial charge in [0, 0.05) is 12.1 Å². The van der Waals surface area contributed by atoms with E-state index < -0.39 is 12.2 Å². The lowest BCUT2D eigenvalue weighted by atomic mass is 9.78. The number of nitrogens with two attached hydrogens (primary N) is 1. The molecule has 1 aliphatic carbocycles. The molecule has 4 rings (SSSR count). The van der Waals surface area contributed by atoms with Crippen molar-refractivity contribution in [2.75, 3.05) is 18.9 Å². The van der Waals surface area contributed by atoms with Crippen LogP contribution in [-0.4, -0.2) is 45.4 Å². The summed E-state index contributed by atoms with van der Waals surface area (Å²) >= 11 is 0. The number of aromatic nitrogens is 2. The van der Waals surface area contributed by atoms with Crippen LogP contribution in [0, 0.1) is 12.8 Å². The SMILES string of the molecule is Cc1nc(N)c2c(n1)OC(C)(C)C(c1ccc([C@H]3CC[C@H](CNC(=O)CO)CC3)cc1)=N2. The summed E-state index contributed by atoms with van der Waals surface area (Å²) in [6.07, 6.45) is 4.33. The minimum absolute atomic E-state index is 0.300. The molecule has 4 N–H and O–H groups in total. The van der Waals surface area contributed by atoms with Crippen molar-refractivity contribution in [1.29, 1.82) is 0 Å². The molecule has 1 saturated carbocycles. The number of aliphatic imine (C=N–C) groups is 1. The quantitative estimate of drug-likeness (QED) is 0.661. The fraction of sp³-hybridized carbons (Fsp3) is 0.500. The Hall–Kier alpha value is -3.00. The van der Waals surface area contributed by atoms with Crippen LogP contribution >= 0.6 is 0 Å². The third-order valence-corrected chi connectivity index (χ3v) is 6.37. The van der Waals surface area contributed by atoms with E-state index in [1.807, 2.05) is 13.8 Å². The Kier molecular flexibility index (Phi) is 6.15. The fourth-order valence-corrected chi connectivity index (χ4v) is 4.61. The highest BCUT2D eigenvalue weighted by atomic mass is 16.5. The van der Waals surface area contributed by atoms with Crippen molar-refractivity contribution in [2.45, 2.75) is 58.0 Å². The largest absolute Gasteiger partial charge is 0.463 e. The lowest BCUT2D eigenvalue weighted by Gasteiger charge is -2.32. The number of fused-ring (bicyclic) bond motifs is 1. The van der Waals surface area contributed by atoms with Crippen LogP contribution in [0.4, 0.5) is 11.5 Å². The molecule has 2 aromatic rings. The zero-order chi connectivity index (χ0) is 22.9. The highest BCUT2D eigenvalue weighted by molar-refractivity contribution is 6.09. The molecule has 0 atom stereocenters. The van der Waals surface area contributed by atoms with E-state index in [1.165, 1.54) is 5.56 Å². The Balaban J connectivity index is 1.47. The second kappa shape index (κ2) is 8.86. The maximum Gasteiger partial charge on any atom is 0.246 e. The van der Waals surface area contributed by atoms with Gasteiger partial charge in [0.15, 0.2) is 11.5 Å². The number of rotatable bonds is 5. The van der Waals surface area contributed by atoms with Gasteiger partial charge < -0.3 is 20.9 Å². The summed E-state index contributed by atoms with van der Waals surface area (Å²) in [6, 6.07) is 8.56. The van der Waals surface area contributed by atoms with Gasteiger partial charge in [-0.15, -0.1) is 0 Å². The number of carbonyl (C=O) groups is 1. The van der Waals surface area contributed by atoms with E-state index >= 15 is 0 Å². The maximum atomic E-state index is 11.3. The molecule has 0 radical (unpaired) electrons. The van der Waals surface area contributed by atoms with Gasteiger partial charge in [-0.1, -0.05) is 24.3 Å². The summed E-state index contributed by atoms with van der Waals surface area (Å²) in [5, 5.41) is 11.6. The molecule has 8 nitrogen and oxygen atoms in total. The highest BCUT2D eigenvalue weighted by Gasteiger charge is 2.35. The number of benzene rings is 1. The molecule has 0 unspecified atom stereocenters. The van der Waals surface area contributed by atoms with Gasteiger partial charge in [0.05, 0.1) is 5.71 Å². The number of nitrogens with zero attached hydrogens (tertiary/aromatic N) is 3. The minimum Gasteiger partial charge on any atom is -0.463 e. The van der Waals surface area contributed by atoms with Gasteiger partial charge in [-0.3, -0.25) is 4.79 Å². The van der Waals surface area contributed by atoms with Gasteiger partial charge in [-0.2, -0.15) is 4.98 Å². The highest BCUT2D eigenvalue weighted by Crippen LogP contribution is 2.40. The first kappa shape index (κ1) is 22.2. The van der Waals surface area contributed by atoms with Crippen LogP contribution in [0.2, 0.25) is 0 Å². The molecule has 8 heteroatoms. The van der Waals surface area contributed by atoms with Crippen LogP contribution in [0.3, 0.4) is 0 Å². The number of aliphatic hydroxyl groups excluding tert-OH is 1. The van der Waals surface area contributed by atoms with Crippen molar-refractivity contribution in [2.24, 2.45) is 10.9 Å². The standard InChI is InChI=1S/C24H31N5O3/c1-14-27-22(25)20-23(28-14)32-24(2,3)21(29-20)18-10-8-17(9-11-18)16-6-4-15(5-7-16)12-26-19(31)13-30/h8-11,15-16,30H,4-7,12-13H2,1-3H3,(H,26,31)(H2,25,27,28)/t15-,16-. The lowest BCUT2D eigenvalue weighted by Crippen LogP contribution is -2.41. The molecule has 0 bridgehead atoms. The summed E-state index contributed by atoms with van der Waals surface area (Å²) < 4.78 is 6.15. The first-order valence-electron chi connectivity index (χ1n) is 11.2. The van der Waals surface area contributed by atoms with E-state index in [2.05, 4.69) is 39.6 Å². The predicted molar refractivity (Wildman–Crippen MR) is 123 cm³/mol. The summed E-state index contributed by atoms with van der Waals surface area (Å²) in [5.41, 5.74) is 9.04. The Bertz CT molecular complexity index is 1020. The van der Waals surface area contributed by atoms with Gasteiger partial charge in [0.1, 0.15) is 18.0 Å². The van der Waals surface area contributed by atoms with Crippen LogP contribution in [-0.2, 0) is 4.79 Å². The molecular weight excluding hydrogens is 406 g/mol. The number of amides is 1. The topological polar surface area (TPSA) is 123 Å². The zero-order valence-corrected chi connectivity index (χ0v) is 18.9. The van der Waals surface area contributed by atoms with Crippen LogP contribution in [0.1, 0.15) is 62.4 Å². The van der Waals surface area contributed by atoms with Crippen LogP contribution in [0.25, 0.3) is 0 Å². The molecule has 1 amide bonds. The van der Waals surface area contributed by atoms with Crippen molar-refractivity contribution >= 4 is 23.1 Å². The number of nitrogen functional groups attached to an aromatic ring is 1. The number of aliphatic hydroxyl groups is 1. The molecular formula is C24H31N5O3. The molecule has 1 fully saturated rings. The number of nitrogens with one attached hydrogen (secondary N) is 1. The van der Waals surface area contributed by atoms with Crippen molar-refractivity contribution in [3.05, 3.63) is 41.2 Å². The van der Waals surface area contributed by atoms with E-state index in [0.717, 1.165) is 37.0 Å². The Labute approximate surface area is 188 Å². The molecule has 32 heavy (non-hydrogen) atoms. The summed E-state index contributed by atoms with van der Waals surface area (Å²) in [6.45, 7) is 5.94. The smallest absolute Gasteiger partial charge is 0.246 e. The Morgan fingerprint density at radius 2 is 1.88 bits per heavy atom. The van der Waals surface area contributed by atoms with E-state index in [1.54, 1.807) is 6.92 Å². The maximum absolute atomic E-state index is 11.3. The first-order valence-corrected chi connectivity index (χ1v) is 11.2. The number of anilines is 1. The Morgan fingerprint density at radius 1 is 1.19 bits per heavy atom. The van der Waals surface area contributed by atoms with E-state index in [4.69, 9.17) is 20.6 Å². The third-order valence-electron chi connectivity index (χ3n) is 6.37. The van der Waals surface area contributed by atoms with Crippen molar-refractivity contribution < 1.29 is 14.6 Å². The number of hydrogen-bond acceptors (Lipinski definition) is 7. The van der Waals surface area contributed by atoms with Crippen molar-refractivity contribution in [3.8, 4) is 5.88 Å². The average molecular weight is 438 g/mol. The molecule has 1 aliphatic heterocycles. The molecule has 0 saturated heterocycles. The van der Waals surface area contributed by atoms with Crippen molar-refractivity contribution in [3.63, 3.8) is 0 Å². The normalized spacial score (nSPS) is 21.8. The third kappa shape index (κ3) is 4.60. The summed E-state index contributed by atoms with van der Waals surface area (Å²) in [4.78, 5) is 24.6. The van der Waals surface area contributed by atoms with E-state index in [0.29, 0.717) is 41.6 Å². The van der Waals surface area contributed by atoms with E-state index in [-0.39, 0.29) is 5.91 Å². The van der Waals surface area contributed by atoms with Crippen LogP contribution in [0.15, 0.2) is 29.3 Å². The first-order chi connectivity index (χ1) is 15.3. The van der Waals surface area contributed by atoms with Crippen LogP contribution in [0.5, 0.6) is 5.88 Å². The zero-order valence-electron chi connectivity index (χ0n) is 18.9. The molecule has 0 spiro atoms. The van der Waals surface area contributed by atoms with Gasteiger partial charge in [-0.25, -0.2) is 9.98 Å². The number of carbonyl (C=O) groups excluding carboxylic acids is 1. The van der Waals surface area contributed by atoms with Crippen molar-refractivity contribution in [1.82, 2.24) is 15.3 Å². The van der Waals surface area contributed by atoms with Gasteiger partial charge >= 0.3 is 0 Å². The van der Waals surface area contributed by atoms with Gasteiger partial charge in [-0.05, 0) is 63.9 Å². The summed E-state index contributed by atoms with van der Waals surface area (Å²) in [5.74, 6) is 2.00. The second-order valence-electron chi connectivity index (χ2n) is 9.18. The monoisotopic (exact) mass is 437 g/mol. The summed E-state index contributed by atoms with van der Waals surface area (Å²) in [7, 11) is 0. The molecule has 170 valence electrons. The molecule has 2 aliphatic rings. The number of aryl methyl sites for hydroxylation is 1. The van der Waals surface area contributed by atoms with E-state index in [9.17, 15) is 4.79 Å². The van der Waals surface area contributed by atoms with Crippen LogP contribution < -0.4 is 15.8 Å². The molecule has 1 aromatic carbocycles. The molecule has 2 heterocycles. The average Bonchev–Trinajstić information content (AvgIpc) is 2.77. The Morgan fingerprint density at radius 3 is 2.53 bits per heavy atom. The van der Waals surface area contributed by atoms with Gasteiger partial charge in [0.25, 0.3) is 0 Å². The predicted octanol–water partition coefficient (Wildman–Crippen LogP) is 3.04. The fourth-order valence-electron chi connectivity index (χ4n) is 4.61.